The van der Waals surface area contributed by atoms with Crippen molar-refractivity contribution in [2.45, 2.75) is 38.8 Å². The molecule has 10 heteroatoms. The topological polar surface area (TPSA) is 114 Å². The first-order valence-corrected chi connectivity index (χ1v) is 12.4. The van der Waals surface area contributed by atoms with E-state index in [0.717, 1.165) is 28.2 Å². The van der Waals surface area contributed by atoms with Crippen molar-refractivity contribution in [3.05, 3.63) is 47.5 Å². The van der Waals surface area contributed by atoms with Gasteiger partial charge < -0.3 is 11.1 Å². The minimum atomic E-state index is -3.19. The standard InChI is InChI=1S/C22H27FN6O2S/c1-13-10-15(11-18-17(14(2)24)4-7-25-20(13)18)21-19(23)12-26-22(28-21)27-16-5-8-29(9-6-16)32(3,30)31/h4,7,10-12,14,16H,5-6,8-9,24H2,1-3H3,(H,26,27,28). The summed E-state index contributed by atoms with van der Waals surface area (Å²) in [7, 11) is -3.19. The van der Waals surface area contributed by atoms with Crippen molar-refractivity contribution in [1.82, 2.24) is 19.3 Å². The summed E-state index contributed by atoms with van der Waals surface area (Å²) >= 11 is 0. The number of hydrogen-bond acceptors (Lipinski definition) is 7. The summed E-state index contributed by atoms with van der Waals surface area (Å²) in [4.78, 5) is 13.0. The van der Waals surface area contributed by atoms with Crippen LogP contribution in [0.3, 0.4) is 0 Å². The molecule has 0 bridgehead atoms. The molecule has 1 aliphatic rings. The third-order valence-corrected chi connectivity index (χ3v) is 7.14. The van der Waals surface area contributed by atoms with Crippen molar-refractivity contribution in [3.63, 3.8) is 0 Å². The minimum Gasteiger partial charge on any atom is -0.351 e. The van der Waals surface area contributed by atoms with Crippen LogP contribution in [-0.2, 0) is 10.0 Å². The lowest BCUT2D eigenvalue weighted by molar-refractivity contribution is 0.331. The Balaban J connectivity index is 1.64. The Labute approximate surface area is 187 Å². The quantitative estimate of drug-likeness (QED) is 0.604. The lowest BCUT2D eigenvalue weighted by Crippen LogP contribution is -2.42. The zero-order valence-electron chi connectivity index (χ0n) is 18.3. The van der Waals surface area contributed by atoms with E-state index >= 15 is 0 Å². The summed E-state index contributed by atoms with van der Waals surface area (Å²) in [5.74, 6) is -0.206. The monoisotopic (exact) mass is 458 g/mol. The van der Waals surface area contributed by atoms with E-state index in [4.69, 9.17) is 5.73 Å². The van der Waals surface area contributed by atoms with Crippen molar-refractivity contribution >= 4 is 26.9 Å². The number of anilines is 1. The Bertz CT molecular complexity index is 1260. The van der Waals surface area contributed by atoms with E-state index in [1.54, 1.807) is 6.20 Å². The first-order valence-electron chi connectivity index (χ1n) is 10.5. The molecular formula is C22H27FN6O2S. The molecule has 0 saturated carbocycles. The lowest BCUT2D eigenvalue weighted by atomic mass is 9.97. The van der Waals surface area contributed by atoms with Crippen molar-refractivity contribution in [2.24, 2.45) is 5.73 Å². The molecular weight excluding hydrogens is 431 g/mol. The average Bonchev–Trinajstić information content (AvgIpc) is 2.74. The first-order chi connectivity index (χ1) is 15.1. The number of sulfonamides is 1. The van der Waals surface area contributed by atoms with Crippen LogP contribution in [0.5, 0.6) is 0 Å². The number of benzene rings is 1. The fourth-order valence-corrected chi connectivity index (χ4v) is 5.01. The molecule has 1 atom stereocenters. The Morgan fingerprint density at radius 1 is 1.25 bits per heavy atom. The number of nitrogens with one attached hydrogen (secondary N) is 1. The van der Waals surface area contributed by atoms with Crippen molar-refractivity contribution in [2.75, 3.05) is 24.7 Å². The molecule has 1 aliphatic heterocycles. The Morgan fingerprint density at radius 3 is 2.62 bits per heavy atom. The predicted octanol–water partition coefficient (Wildman–Crippen LogP) is 2.99. The van der Waals surface area contributed by atoms with Crippen LogP contribution in [0.15, 0.2) is 30.6 Å². The van der Waals surface area contributed by atoms with Crippen LogP contribution < -0.4 is 11.1 Å². The largest absolute Gasteiger partial charge is 0.351 e. The number of aryl methyl sites for hydroxylation is 1. The van der Waals surface area contributed by atoms with E-state index < -0.39 is 15.8 Å². The molecule has 0 amide bonds. The Kier molecular flexibility index (Phi) is 6.11. The van der Waals surface area contributed by atoms with Crippen LogP contribution in [-0.4, -0.2) is 53.1 Å². The van der Waals surface area contributed by atoms with Gasteiger partial charge in [0.15, 0.2) is 5.82 Å². The van der Waals surface area contributed by atoms with Gasteiger partial charge in [-0.25, -0.2) is 27.1 Å². The van der Waals surface area contributed by atoms with E-state index in [-0.39, 0.29) is 17.8 Å². The van der Waals surface area contributed by atoms with Gasteiger partial charge in [0.1, 0.15) is 5.69 Å². The highest BCUT2D eigenvalue weighted by Gasteiger charge is 2.25. The molecule has 0 radical (unpaired) electrons. The number of aromatic nitrogens is 3. The number of nitrogens with two attached hydrogens (primary N) is 1. The first kappa shape index (κ1) is 22.5. The summed E-state index contributed by atoms with van der Waals surface area (Å²) in [6.45, 7) is 4.69. The van der Waals surface area contributed by atoms with Crippen LogP contribution in [0.1, 0.15) is 36.9 Å². The van der Waals surface area contributed by atoms with Gasteiger partial charge in [0, 0.05) is 42.3 Å². The highest BCUT2D eigenvalue weighted by Crippen LogP contribution is 2.31. The average molecular weight is 459 g/mol. The molecule has 32 heavy (non-hydrogen) atoms. The lowest BCUT2D eigenvalue weighted by Gasteiger charge is -2.30. The highest BCUT2D eigenvalue weighted by molar-refractivity contribution is 7.88. The third kappa shape index (κ3) is 4.57. The van der Waals surface area contributed by atoms with E-state index in [1.165, 1.54) is 10.6 Å². The third-order valence-electron chi connectivity index (χ3n) is 5.83. The normalized spacial score (nSPS) is 16.9. The van der Waals surface area contributed by atoms with E-state index in [0.29, 0.717) is 37.4 Å². The smallest absolute Gasteiger partial charge is 0.223 e. The van der Waals surface area contributed by atoms with Gasteiger partial charge in [-0.05, 0) is 56.0 Å². The summed E-state index contributed by atoms with van der Waals surface area (Å²) < 4.78 is 39.6. The van der Waals surface area contributed by atoms with Gasteiger partial charge in [0.05, 0.1) is 18.0 Å². The van der Waals surface area contributed by atoms with Gasteiger partial charge in [-0.1, -0.05) is 0 Å². The molecule has 3 heterocycles. The molecule has 1 saturated heterocycles. The number of halogens is 1. The summed E-state index contributed by atoms with van der Waals surface area (Å²) in [5.41, 5.74) is 9.62. The van der Waals surface area contributed by atoms with Crippen LogP contribution >= 0.6 is 0 Å². The number of nitrogens with zero attached hydrogens (tertiary/aromatic N) is 4. The summed E-state index contributed by atoms with van der Waals surface area (Å²) in [6.07, 6.45) is 5.36. The van der Waals surface area contributed by atoms with Crippen molar-refractivity contribution in [3.8, 4) is 11.3 Å². The molecule has 170 valence electrons. The maximum absolute atomic E-state index is 14.7. The van der Waals surface area contributed by atoms with Gasteiger partial charge in [0.2, 0.25) is 16.0 Å². The molecule has 8 nitrogen and oxygen atoms in total. The molecule has 0 aliphatic carbocycles. The fraction of sp³-hybridized carbons (Fsp3) is 0.409. The van der Waals surface area contributed by atoms with E-state index in [9.17, 15) is 12.8 Å². The zero-order valence-corrected chi connectivity index (χ0v) is 19.2. The summed E-state index contributed by atoms with van der Waals surface area (Å²) in [5, 5.41) is 4.10. The molecule has 1 fully saturated rings. The fourth-order valence-electron chi connectivity index (χ4n) is 4.14. The molecule has 1 unspecified atom stereocenters. The van der Waals surface area contributed by atoms with Gasteiger partial charge in [-0.2, -0.15) is 0 Å². The number of fused-ring (bicyclic) bond motifs is 1. The summed E-state index contributed by atoms with van der Waals surface area (Å²) in [6, 6.07) is 5.43. The zero-order chi connectivity index (χ0) is 23.0. The molecule has 4 rings (SSSR count). The van der Waals surface area contributed by atoms with Crippen molar-refractivity contribution in [1.29, 1.82) is 0 Å². The van der Waals surface area contributed by atoms with Gasteiger partial charge in [-0.15, -0.1) is 0 Å². The number of pyridine rings is 1. The molecule has 3 aromatic rings. The molecule has 0 spiro atoms. The Hall–Kier alpha value is -2.69. The second kappa shape index (κ2) is 8.68. The Morgan fingerprint density at radius 2 is 1.97 bits per heavy atom. The van der Waals surface area contributed by atoms with E-state index in [2.05, 4.69) is 20.3 Å². The van der Waals surface area contributed by atoms with Gasteiger partial charge in [0.25, 0.3) is 0 Å². The number of piperidine rings is 1. The van der Waals surface area contributed by atoms with Crippen LogP contribution in [0.4, 0.5) is 10.3 Å². The number of hydrogen-bond donors (Lipinski definition) is 2. The van der Waals surface area contributed by atoms with Gasteiger partial charge >= 0.3 is 0 Å². The predicted molar refractivity (Wildman–Crippen MR) is 123 cm³/mol. The minimum absolute atomic E-state index is 0.0125. The second-order valence-electron chi connectivity index (χ2n) is 8.35. The molecule has 1 aromatic carbocycles. The van der Waals surface area contributed by atoms with Crippen LogP contribution in [0.25, 0.3) is 22.2 Å². The highest BCUT2D eigenvalue weighted by atomic mass is 32.2. The molecule has 3 N–H and O–H groups in total. The van der Waals surface area contributed by atoms with Crippen LogP contribution in [0.2, 0.25) is 0 Å². The van der Waals surface area contributed by atoms with E-state index in [1.807, 2.05) is 32.0 Å². The van der Waals surface area contributed by atoms with Crippen LogP contribution in [0, 0.1) is 12.7 Å². The number of rotatable bonds is 5. The van der Waals surface area contributed by atoms with Gasteiger partial charge in [-0.3, -0.25) is 4.98 Å². The van der Waals surface area contributed by atoms with Crippen molar-refractivity contribution < 1.29 is 12.8 Å². The SMILES string of the molecule is Cc1cc(-c2nc(NC3CCN(S(C)(=O)=O)CC3)ncc2F)cc2c(C(C)N)ccnc12. The maximum Gasteiger partial charge on any atom is 0.223 e. The second-order valence-corrected chi connectivity index (χ2v) is 10.3. The maximum atomic E-state index is 14.7. The molecule has 2 aromatic heterocycles.